The van der Waals surface area contributed by atoms with E-state index in [-0.39, 0.29) is 24.5 Å². The van der Waals surface area contributed by atoms with E-state index in [2.05, 4.69) is 28.1 Å². The summed E-state index contributed by atoms with van der Waals surface area (Å²) in [5, 5.41) is 8.97. The van der Waals surface area contributed by atoms with E-state index in [9.17, 15) is 4.79 Å². The lowest BCUT2D eigenvalue weighted by Gasteiger charge is -2.34. The van der Waals surface area contributed by atoms with Crippen LogP contribution in [0.1, 0.15) is 62.8 Å². The number of carbonyl (C=O) groups excluding carboxylic acids is 1. The van der Waals surface area contributed by atoms with Gasteiger partial charge in [0.2, 0.25) is 6.29 Å². The Morgan fingerprint density at radius 2 is 1.93 bits per heavy atom. The van der Waals surface area contributed by atoms with Gasteiger partial charge in [0.25, 0.3) is 5.91 Å². The molecule has 1 aliphatic carbocycles. The van der Waals surface area contributed by atoms with Crippen LogP contribution >= 0.6 is 15.9 Å². The highest BCUT2D eigenvalue weighted by molar-refractivity contribution is 9.10. The summed E-state index contributed by atoms with van der Waals surface area (Å²) in [4.78, 5) is 15.0. The Balaban J connectivity index is 1.74. The summed E-state index contributed by atoms with van der Waals surface area (Å²) in [5.41, 5.74) is 1.14. The highest BCUT2D eigenvalue weighted by Crippen LogP contribution is 2.33. The number of carbonyl (C=O) groups is 1. The monoisotopic (exact) mass is 465 g/mol. The normalized spacial score (nSPS) is 22.7. The smallest absolute Gasteiger partial charge is 0.288 e. The molecule has 160 valence electrons. The minimum absolute atomic E-state index is 0.0531. The molecular formula is C23H32BrNO4. The van der Waals surface area contributed by atoms with E-state index in [1.165, 1.54) is 19.3 Å². The number of aliphatic hydroxyl groups is 1. The van der Waals surface area contributed by atoms with Crippen molar-refractivity contribution >= 4 is 21.8 Å². The van der Waals surface area contributed by atoms with Crippen molar-refractivity contribution in [3.8, 4) is 0 Å². The molecule has 1 aromatic rings. The van der Waals surface area contributed by atoms with Crippen molar-refractivity contribution in [3.05, 3.63) is 46.1 Å². The zero-order chi connectivity index (χ0) is 20.6. The van der Waals surface area contributed by atoms with Gasteiger partial charge in [-0.1, -0.05) is 47.3 Å². The average molecular weight is 466 g/mol. The molecule has 3 rings (SSSR count). The molecule has 6 heteroatoms. The van der Waals surface area contributed by atoms with Crippen LogP contribution in [-0.2, 0) is 14.3 Å². The molecule has 1 saturated carbocycles. The Morgan fingerprint density at radius 3 is 2.62 bits per heavy atom. The largest absolute Gasteiger partial charge is 0.459 e. The van der Waals surface area contributed by atoms with Crippen molar-refractivity contribution in [2.24, 2.45) is 0 Å². The molecule has 1 amide bonds. The first-order chi connectivity index (χ1) is 14.1. The molecule has 1 N–H and O–H groups in total. The first-order valence-electron chi connectivity index (χ1n) is 10.7. The number of hydrogen-bond donors (Lipinski definition) is 1. The summed E-state index contributed by atoms with van der Waals surface area (Å²) in [5.74, 6) is 0.408. The molecule has 1 heterocycles. The molecule has 29 heavy (non-hydrogen) atoms. The van der Waals surface area contributed by atoms with E-state index in [0.717, 1.165) is 29.3 Å². The van der Waals surface area contributed by atoms with Crippen LogP contribution in [0.3, 0.4) is 0 Å². The van der Waals surface area contributed by atoms with Crippen LogP contribution in [0.25, 0.3) is 0 Å². The Morgan fingerprint density at radius 1 is 1.21 bits per heavy atom. The van der Waals surface area contributed by atoms with E-state index in [4.69, 9.17) is 14.6 Å². The van der Waals surface area contributed by atoms with Gasteiger partial charge in [0.05, 0.1) is 6.61 Å². The Bertz CT molecular complexity index is 685. The van der Waals surface area contributed by atoms with Crippen molar-refractivity contribution in [2.75, 3.05) is 20.3 Å². The zero-order valence-electron chi connectivity index (χ0n) is 17.2. The molecule has 1 aromatic carbocycles. The van der Waals surface area contributed by atoms with Gasteiger partial charge in [-0.2, -0.15) is 0 Å². The van der Waals surface area contributed by atoms with Gasteiger partial charge in [0.1, 0.15) is 0 Å². The predicted octanol–water partition coefficient (Wildman–Crippen LogP) is 4.74. The van der Waals surface area contributed by atoms with Crippen LogP contribution in [-0.4, -0.2) is 48.5 Å². The van der Waals surface area contributed by atoms with Crippen LogP contribution in [0, 0.1) is 0 Å². The van der Waals surface area contributed by atoms with Gasteiger partial charge in [-0.25, -0.2) is 0 Å². The van der Waals surface area contributed by atoms with Gasteiger partial charge in [-0.05, 0) is 49.5 Å². The second-order valence-electron chi connectivity index (χ2n) is 7.98. The molecular weight excluding hydrogens is 434 g/mol. The Hall–Kier alpha value is -1.37. The Labute approximate surface area is 182 Å². The van der Waals surface area contributed by atoms with E-state index < -0.39 is 6.29 Å². The van der Waals surface area contributed by atoms with Crippen LogP contribution < -0.4 is 0 Å². The maximum absolute atomic E-state index is 13.2. The predicted molar refractivity (Wildman–Crippen MR) is 116 cm³/mol. The average Bonchev–Trinajstić information content (AvgIpc) is 2.76. The fourth-order valence-electron chi connectivity index (χ4n) is 4.09. The van der Waals surface area contributed by atoms with Gasteiger partial charge >= 0.3 is 0 Å². The van der Waals surface area contributed by atoms with Crippen LogP contribution in [0.2, 0.25) is 0 Å². The zero-order valence-corrected chi connectivity index (χ0v) is 18.8. The molecule has 0 unspecified atom stereocenters. The maximum atomic E-state index is 13.2. The first-order valence-corrected chi connectivity index (χ1v) is 11.5. The fourth-order valence-corrected chi connectivity index (χ4v) is 4.35. The first kappa shape index (κ1) is 22.3. The van der Waals surface area contributed by atoms with E-state index in [1.807, 2.05) is 30.2 Å². The summed E-state index contributed by atoms with van der Waals surface area (Å²) in [6.07, 6.45) is 9.39. The van der Waals surface area contributed by atoms with E-state index in [1.54, 1.807) is 0 Å². The summed E-state index contributed by atoms with van der Waals surface area (Å²) >= 11 is 3.48. The third kappa shape index (κ3) is 6.30. The molecule has 1 fully saturated rings. The van der Waals surface area contributed by atoms with Gasteiger partial charge in [-0.3, -0.25) is 4.79 Å². The molecule has 0 radical (unpaired) electrons. The number of aliphatic hydroxyl groups excluding tert-OH is 1. The molecule has 0 aromatic heterocycles. The second-order valence-corrected chi connectivity index (χ2v) is 8.90. The van der Waals surface area contributed by atoms with Gasteiger partial charge in [0, 0.05) is 36.5 Å². The second kappa shape index (κ2) is 11.1. The highest BCUT2D eigenvalue weighted by atomic mass is 79.9. The van der Waals surface area contributed by atoms with Crippen LogP contribution in [0.15, 0.2) is 40.6 Å². The van der Waals surface area contributed by atoms with E-state index >= 15 is 0 Å². The number of amides is 1. The summed E-state index contributed by atoms with van der Waals surface area (Å²) in [7, 11) is 1.89. The Kier molecular flexibility index (Phi) is 8.57. The van der Waals surface area contributed by atoms with Crippen molar-refractivity contribution in [2.45, 2.75) is 69.6 Å². The summed E-state index contributed by atoms with van der Waals surface area (Å²) in [6, 6.07) is 8.48. The SMILES string of the molecule is CN(C(=O)C1=C[C@H](c2ccc(Br)cc2)C[C@H](OCCCCO)O1)C1CCCCC1. The molecule has 2 aliphatic rings. The van der Waals surface area contributed by atoms with Gasteiger partial charge < -0.3 is 19.5 Å². The van der Waals surface area contributed by atoms with Crippen molar-refractivity contribution in [1.82, 2.24) is 4.90 Å². The lowest BCUT2D eigenvalue weighted by Crippen LogP contribution is -2.41. The maximum Gasteiger partial charge on any atom is 0.288 e. The van der Waals surface area contributed by atoms with Crippen molar-refractivity contribution < 1.29 is 19.4 Å². The minimum atomic E-state index is -0.453. The molecule has 1 aliphatic heterocycles. The van der Waals surface area contributed by atoms with Gasteiger partial charge in [0.15, 0.2) is 5.76 Å². The standard InChI is InChI=1S/C23H32BrNO4/c1-25(20-7-3-2-4-8-20)23(27)21-15-18(17-9-11-19(24)12-10-17)16-22(29-21)28-14-6-5-13-26/h9-12,15,18,20,22,26H,2-8,13-14,16H2,1H3/t18-,22+/m0/s1. The fraction of sp³-hybridized carbons (Fsp3) is 0.609. The molecule has 0 saturated heterocycles. The van der Waals surface area contributed by atoms with Gasteiger partial charge in [-0.15, -0.1) is 0 Å². The number of nitrogens with zero attached hydrogens (tertiary/aromatic N) is 1. The number of ether oxygens (including phenoxy) is 2. The quantitative estimate of drug-likeness (QED) is 0.563. The number of halogens is 1. The highest BCUT2D eigenvalue weighted by Gasteiger charge is 2.32. The molecule has 0 spiro atoms. The number of likely N-dealkylation sites (N-methyl/N-ethyl adjacent to an activating group) is 1. The topological polar surface area (TPSA) is 59.0 Å². The third-order valence-electron chi connectivity index (χ3n) is 5.87. The molecule has 0 bridgehead atoms. The third-order valence-corrected chi connectivity index (χ3v) is 6.39. The number of unbranched alkanes of at least 4 members (excludes halogenated alkanes) is 1. The summed E-state index contributed by atoms with van der Waals surface area (Å²) < 4.78 is 12.9. The van der Waals surface area contributed by atoms with Crippen molar-refractivity contribution in [1.29, 1.82) is 0 Å². The minimum Gasteiger partial charge on any atom is -0.459 e. The van der Waals surface area contributed by atoms with Crippen LogP contribution in [0.5, 0.6) is 0 Å². The van der Waals surface area contributed by atoms with Crippen LogP contribution in [0.4, 0.5) is 0 Å². The molecule has 2 atom stereocenters. The lowest BCUT2D eigenvalue weighted by atomic mass is 9.92. The number of rotatable bonds is 8. The number of allylic oxidation sites excluding steroid dienone is 1. The van der Waals surface area contributed by atoms with Crippen molar-refractivity contribution in [3.63, 3.8) is 0 Å². The summed E-state index contributed by atoms with van der Waals surface area (Å²) in [6.45, 7) is 0.671. The van der Waals surface area contributed by atoms with E-state index in [0.29, 0.717) is 25.2 Å². The number of hydrogen-bond acceptors (Lipinski definition) is 4. The number of benzene rings is 1. The lowest BCUT2D eigenvalue weighted by molar-refractivity contribution is -0.153. The molecule has 5 nitrogen and oxygen atoms in total.